The van der Waals surface area contributed by atoms with E-state index in [1.807, 2.05) is 32.3 Å². The van der Waals surface area contributed by atoms with Gasteiger partial charge in [0.25, 0.3) is 0 Å². The van der Waals surface area contributed by atoms with E-state index in [0.717, 1.165) is 5.56 Å². The minimum atomic E-state index is 0.0186. The highest BCUT2D eigenvalue weighted by atomic mass is 16.5. The molecule has 0 aliphatic heterocycles. The first kappa shape index (κ1) is 12.9. The fourth-order valence-electron chi connectivity index (χ4n) is 1.36. The highest BCUT2D eigenvalue weighted by Crippen LogP contribution is 2.14. The SMILES string of the molecule is CNC(C)c1ccc(OC(C)COC)nc1. The molecule has 0 aliphatic carbocycles. The van der Waals surface area contributed by atoms with E-state index in [-0.39, 0.29) is 6.10 Å². The summed E-state index contributed by atoms with van der Waals surface area (Å²) in [4.78, 5) is 4.25. The molecule has 0 saturated carbocycles. The molecule has 0 amide bonds. The molecule has 16 heavy (non-hydrogen) atoms. The molecule has 0 radical (unpaired) electrons. The predicted octanol–water partition coefficient (Wildman–Crippen LogP) is 1.78. The molecule has 0 bridgehead atoms. The fourth-order valence-corrected chi connectivity index (χ4v) is 1.36. The Bertz CT molecular complexity index is 300. The van der Waals surface area contributed by atoms with Crippen molar-refractivity contribution in [1.29, 1.82) is 0 Å². The van der Waals surface area contributed by atoms with Crippen molar-refractivity contribution in [1.82, 2.24) is 10.3 Å². The third-order valence-electron chi connectivity index (χ3n) is 2.42. The van der Waals surface area contributed by atoms with Gasteiger partial charge < -0.3 is 14.8 Å². The molecule has 0 aliphatic rings. The van der Waals surface area contributed by atoms with Gasteiger partial charge in [0, 0.05) is 25.4 Å². The Hall–Kier alpha value is -1.13. The van der Waals surface area contributed by atoms with Gasteiger partial charge in [-0.1, -0.05) is 6.07 Å². The Morgan fingerprint density at radius 1 is 1.38 bits per heavy atom. The number of ether oxygens (including phenoxy) is 2. The molecule has 1 heterocycles. The Morgan fingerprint density at radius 2 is 2.12 bits per heavy atom. The van der Waals surface area contributed by atoms with E-state index in [1.54, 1.807) is 7.11 Å². The maximum atomic E-state index is 5.57. The van der Waals surface area contributed by atoms with Crippen LogP contribution in [0.25, 0.3) is 0 Å². The van der Waals surface area contributed by atoms with Crippen LogP contribution >= 0.6 is 0 Å². The quantitative estimate of drug-likeness (QED) is 0.800. The van der Waals surface area contributed by atoms with Gasteiger partial charge in [0.05, 0.1) is 6.61 Å². The summed E-state index contributed by atoms with van der Waals surface area (Å²) in [7, 11) is 3.58. The highest BCUT2D eigenvalue weighted by molar-refractivity contribution is 5.20. The maximum Gasteiger partial charge on any atom is 0.213 e. The van der Waals surface area contributed by atoms with Gasteiger partial charge in [-0.2, -0.15) is 0 Å². The van der Waals surface area contributed by atoms with Crippen molar-refractivity contribution < 1.29 is 9.47 Å². The van der Waals surface area contributed by atoms with Crippen molar-refractivity contribution in [3.8, 4) is 5.88 Å². The van der Waals surface area contributed by atoms with E-state index < -0.39 is 0 Å². The minimum absolute atomic E-state index is 0.0186. The van der Waals surface area contributed by atoms with Gasteiger partial charge in [-0.15, -0.1) is 0 Å². The van der Waals surface area contributed by atoms with Gasteiger partial charge >= 0.3 is 0 Å². The lowest BCUT2D eigenvalue weighted by atomic mass is 10.1. The van der Waals surface area contributed by atoms with E-state index in [0.29, 0.717) is 18.5 Å². The third kappa shape index (κ3) is 3.79. The van der Waals surface area contributed by atoms with Crippen LogP contribution in [-0.2, 0) is 4.74 Å². The summed E-state index contributed by atoms with van der Waals surface area (Å²) in [5.74, 6) is 0.636. The molecule has 1 aromatic rings. The number of hydrogen-bond acceptors (Lipinski definition) is 4. The van der Waals surface area contributed by atoms with Crippen molar-refractivity contribution in [2.45, 2.75) is 26.0 Å². The molecule has 1 aromatic heterocycles. The number of pyridine rings is 1. The van der Waals surface area contributed by atoms with Crippen LogP contribution in [0.4, 0.5) is 0 Å². The van der Waals surface area contributed by atoms with Crippen LogP contribution in [0.2, 0.25) is 0 Å². The first-order chi connectivity index (χ1) is 7.67. The summed E-state index contributed by atoms with van der Waals surface area (Å²) < 4.78 is 10.6. The molecule has 4 nitrogen and oxygen atoms in total. The van der Waals surface area contributed by atoms with Crippen molar-refractivity contribution >= 4 is 0 Å². The summed E-state index contributed by atoms with van der Waals surface area (Å²) in [5.41, 5.74) is 1.15. The Kier molecular flexibility index (Phi) is 5.22. The lowest BCUT2D eigenvalue weighted by Crippen LogP contribution is -2.18. The highest BCUT2D eigenvalue weighted by Gasteiger charge is 2.06. The summed E-state index contributed by atoms with van der Waals surface area (Å²) >= 11 is 0. The topological polar surface area (TPSA) is 43.4 Å². The van der Waals surface area contributed by atoms with Gasteiger partial charge in [0.15, 0.2) is 0 Å². The second-order valence-corrected chi connectivity index (χ2v) is 3.82. The average molecular weight is 224 g/mol. The van der Waals surface area contributed by atoms with Crippen LogP contribution in [0, 0.1) is 0 Å². The van der Waals surface area contributed by atoms with E-state index >= 15 is 0 Å². The first-order valence-electron chi connectivity index (χ1n) is 5.46. The van der Waals surface area contributed by atoms with Gasteiger partial charge in [-0.3, -0.25) is 0 Å². The number of methoxy groups -OCH3 is 1. The maximum absolute atomic E-state index is 5.57. The van der Waals surface area contributed by atoms with E-state index in [9.17, 15) is 0 Å². The molecule has 90 valence electrons. The summed E-state index contributed by atoms with van der Waals surface area (Å²) in [6.07, 6.45) is 1.85. The number of nitrogens with one attached hydrogen (secondary N) is 1. The molecule has 0 spiro atoms. The largest absolute Gasteiger partial charge is 0.472 e. The summed E-state index contributed by atoms with van der Waals surface area (Å²) in [5, 5.41) is 3.16. The molecule has 1 N–H and O–H groups in total. The van der Waals surface area contributed by atoms with E-state index in [1.165, 1.54) is 0 Å². The molecule has 0 fully saturated rings. The molecule has 4 heteroatoms. The Morgan fingerprint density at radius 3 is 2.62 bits per heavy atom. The third-order valence-corrected chi connectivity index (χ3v) is 2.42. The zero-order valence-electron chi connectivity index (χ0n) is 10.4. The van der Waals surface area contributed by atoms with Crippen LogP contribution in [0.15, 0.2) is 18.3 Å². The monoisotopic (exact) mass is 224 g/mol. The van der Waals surface area contributed by atoms with Crippen LogP contribution in [0.5, 0.6) is 5.88 Å². The first-order valence-corrected chi connectivity index (χ1v) is 5.46. The molecule has 2 unspecified atom stereocenters. The lowest BCUT2D eigenvalue weighted by Gasteiger charge is -2.14. The van der Waals surface area contributed by atoms with Crippen molar-refractivity contribution in [2.75, 3.05) is 20.8 Å². The Balaban J connectivity index is 2.57. The molecular weight excluding hydrogens is 204 g/mol. The molecule has 2 atom stereocenters. The molecular formula is C12H20N2O2. The van der Waals surface area contributed by atoms with Crippen LogP contribution in [0.3, 0.4) is 0 Å². The van der Waals surface area contributed by atoms with Crippen LogP contribution in [-0.4, -0.2) is 31.9 Å². The summed E-state index contributed by atoms with van der Waals surface area (Å²) in [6.45, 7) is 4.61. The van der Waals surface area contributed by atoms with Crippen molar-refractivity contribution in [2.24, 2.45) is 0 Å². The molecule has 1 rings (SSSR count). The van der Waals surface area contributed by atoms with Crippen LogP contribution in [0.1, 0.15) is 25.5 Å². The smallest absolute Gasteiger partial charge is 0.213 e. The zero-order chi connectivity index (χ0) is 12.0. The number of hydrogen-bond donors (Lipinski definition) is 1. The van der Waals surface area contributed by atoms with Gasteiger partial charge in [-0.05, 0) is 26.5 Å². The van der Waals surface area contributed by atoms with Gasteiger partial charge in [-0.25, -0.2) is 4.98 Å². The van der Waals surface area contributed by atoms with E-state index in [2.05, 4.69) is 17.2 Å². The van der Waals surface area contributed by atoms with Crippen molar-refractivity contribution in [3.63, 3.8) is 0 Å². The number of rotatable bonds is 6. The fraction of sp³-hybridized carbons (Fsp3) is 0.583. The normalized spacial score (nSPS) is 14.5. The number of nitrogens with zero attached hydrogens (tertiary/aromatic N) is 1. The minimum Gasteiger partial charge on any atom is -0.472 e. The van der Waals surface area contributed by atoms with Crippen molar-refractivity contribution in [3.05, 3.63) is 23.9 Å². The zero-order valence-corrected chi connectivity index (χ0v) is 10.4. The molecule has 0 saturated heterocycles. The van der Waals surface area contributed by atoms with Gasteiger partial charge in [0.2, 0.25) is 5.88 Å². The predicted molar refractivity (Wildman–Crippen MR) is 63.7 cm³/mol. The van der Waals surface area contributed by atoms with Gasteiger partial charge in [0.1, 0.15) is 6.10 Å². The van der Waals surface area contributed by atoms with E-state index in [4.69, 9.17) is 9.47 Å². The lowest BCUT2D eigenvalue weighted by molar-refractivity contribution is 0.0889. The average Bonchev–Trinajstić information content (AvgIpc) is 2.29. The summed E-state index contributed by atoms with van der Waals surface area (Å²) in [6, 6.07) is 4.20. The number of aromatic nitrogens is 1. The standard InChI is InChI=1S/C12H20N2O2/c1-9(8-15-4)16-12-6-5-11(7-14-12)10(2)13-3/h5-7,9-10,13H,8H2,1-4H3. The Labute approximate surface area is 97.0 Å². The molecule has 0 aromatic carbocycles. The second kappa shape index (κ2) is 6.45. The van der Waals surface area contributed by atoms with Crippen LogP contribution < -0.4 is 10.1 Å². The second-order valence-electron chi connectivity index (χ2n) is 3.82.